The van der Waals surface area contributed by atoms with Crippen LogP contribution >= 0.6 is 23.6 Å². The van der Waals surface area contributed by atoms with Gasteiger partial charge in [0.05, 0.1) is 11.7 Å². The summed E-state index contributed by atoms with van der Waals surface area (Å²) < 4.78 is 3.06. The largest absolute Gasteiger partial charge is 0.337 e. The number of nitrogens with one attached hydrogen (secondary N) is 1. The van der Waals surface area contributed by atoms with Crippen molar-refractivity contribution in [2.75, 3.05) is 0 Å². The van der Waals surface area contributed by atoms with Crippen molar-refractivity contribution in [3.8, 4) is 11.3 Å². The number of thiophene rings is 1. The second kappa shape index (κ2) is 6.41. The van der Waals surface area contributed by atoms with Crippen molar-refractivity contribution in [2.45, 2.75) is 25.8 Å². The van der Waals surface area contributed by atoms with Gasteiger partial charge in [-0.25, -0.2) is 0 Å². The van der Waals surface area contributed by atoms with Crippen molar-refractivity contribution in [1.82, 2.24) is 9.55 Å². The molecule has 0 aliphatic carbocycles. The fourth-order valence-corrected chi connectivity index (χ4v) is 3.81. The van der Waals surface area contributed by atoms with E-state index < -0.39 is 0 Å². The van der Waals surface area contributed by atoms with E-state index in [9.17, 15) is 0 Å². The first-order valence-electron chi connectivity index (χ1n) is 7.20. The molecule has 0 aliphatic heterocycles. The van der Waals surface area contributed by atoms with Crippen LogP contribution in [0.4, 0.5) is 0 Å². The normalized spacial score (nSPS) is 12.4. The predicted molar refractivity (Wildman–Crippen MR) is 92.4 cm³/mol. The van der Waals surface area contributed by atoms with Gasteiger partial charge in [0.25, 0.3) is 0 Å². The van der Waals surface area contributed by atoms with E-state index >= 15 is 0 Å². The van der Waals surface area contributed by atoms with Crippen molar-refractivity contribution in [2.24, 2.45) is 0 Å². The molecule has 0 amide bonds. The van der Waals surface area contributed by atoms with E-state index in [4.69, 9.17) is 12.2 Å². The second-order valence-electron chi connectivity index (χ2n) is 5.03. The van der Waals surface area contributed by atoms with E-state index in [-0.39, 0.29) is 0 Å². The molecule has 2 aromatic heterocycles. The molecule has 3 rings (SSSR count). The Bertz CT molecular complexity index is 739. The molecule has 1 unspecified atom stereocenters. The van der Waals surface area contributed by atoms with Gasteiger partial charge in [-0.15, -0.1) is 11.3 Å². The SMILES string of the molecule is CCCC(c1cccs1)n1c(-c2ccccc2)c[nH]c1=S. The van der Waals surface area contributed by atoms with E-state index in [1.165, 1.54) is 10.4 Å². The monoisotopic (exact) mass is 314 g/mol. The number of rotatable bonds is 5. The summed E-state index contributed by atoms with van der Waals surface area (Å²) in [7, 11) is 0. The summed E-state index contributed by atoms with van der Waals surface area (Å²) >= 11 is 7.35. The minimum Gasteiger partial charge on any atom is -0.337 e. The van der Waals surface area contributed by atoms with Gasteiger partial charge in [0.2, 0.25) is 0 Å². The number of nitrogens with zero attached hydrogens (tertiary/aromatic N) is 1. The van der Waals surface area contributed by atoms with Crippen molar-refractivity contribution in [3.05, 3.63) is 63.7 Å². The summed E-state index contributed by atoms with van der Waals surface area (Å²) in [5.74, 6) is 0. The average molecular weight is 314 g/mol. The molecule has 21 heavy (non-hydrogen) atoms. The first kappa shape index (κ1) is 14.3. The Hall–Kier alpha value is -1.65. The highest BCUT2D eigenvalue weighted by Crippen LogP contribution is 2.32. The van der Waals surface area contributed by atoms with Crippen molar-refractivity contribution in [3.63, 3.8) is 0 Å². The quantitative estimate of drug-likeness (QED) is 0.602. The molecule has 0 bridgehead atoms. The van der Waals surface area contributed by atoms with Gasteiger partial charge in [0, 0.05) is 11.1 Å². The lowest BCUT2D eigenvalue weighted by Gasteiger charge is -2.19. The third-order valence-corrected chi connectivity index (χ3v) is 4.91. The minimum absolute atomic E-state index is 0.309. The van der Waals surface area contributed by atoms with E-state index in [2.05, 4.69) is 58.3 Å². The van der Waals surface area contributed by atoms with Gasteiger partial charge < -0.3 is 9.55 Å². The Kier molecular flexibility index (Phi) is 4.36. The zero-order valence-corrected chi connectivity index (χ0v) is 13.6. The Morgan fingerprint density at radius 3 is 2.67 bits per heavy atom. The molecule has 0 saturated carbocycles. The number of H-pyrrole nitrogens is 1. The summed E-state index contributed by atoms with van der Waals surface area (Å²) in [5, 5.41) is 2.14. The van der Waals surface area contributed by atoms with Crippen LogP contribution in [-0.4, -0.2) is 9.55 Å². The molecule has 1 N–H and O–H groups in total. The molecule has 4 heteroatoms. The Morgan fingerprint density at radius 1 is 1.19 bits per heavy atom. The first-order chi connectivity index (χ1) is 10.3. The highest BCUT2D eigenvalue weighted by atomic mass is 32.1. The average Bonchev–Trinajstić information content (AvgIpc) is 3.16. The minimum atomic E-state index is 0.309. The van der Waals surface area contributed by atoms with Crippen LogP contribution in [0, 0.1) is 4.77 Å². The Labute approximate surface area is 134 Å². The number of imidazole rings is 1. The number of aromatic nitrogens is 2. The molecule has 0 spiro atoms. The Morgan fingerprint density at radius 2 is 2.00 bits per heavy atom. The zero-order chi connectivity index (χ0) is 14.7. The van der Waals surface area contributed by atoms with Gasteiger partial charge in [0.1, 0.15) is 0 Å². The van der Waals surface area contributed by atoms with Gasteiger partial charge in [-0.2, -0.15) is 0 Å². The van der Waals surface area contributed by atoms with Gasteiger partial charge in [-0.1, -0.05) is 49.7 Å². The first-order valence-corrected chi connectivity index (χ1v) is 8.48. The molecule has 0 saturated heterocycles. The molecule has 1 atom stereocenters. The number of hydrogen-bond acceptors (Lipinski definition) is 2. The van der Waals surface area contributed by atoms with Crippen LogP contribution in [0.5, 0.6) is 0 Å². The molecule has 1 aromatic carbocycles. The zero-order valence-electron chi connectivity index (χ0n) is 12.0. The number of aromatic amines is 1. The predicted octanol–water partition coefficient (Wildman–Crippen LogP) is 5.66. The van der Waals surface area contributed by atoms with E-state index in [1.54, 1.807) is 11.3 Å². The summed E-state index contributed by atoms with van der Waals surface area (Å²) in [6.45, 7) is 2.22. The smallest absolute Gasteiger partial charge is 0.178 e. The van der Waals surface area contributed by atoms with E-state index in [0.717, 1.165) is 23.3 Å². The molecular weight excluding hydrogens is 296 g/mol. The summed E-state index contributed by atoms with van der Waals surface area (Å²) in [6.07, 6.45) is 4.24. The lowest BCUT2D eigenvalue weighted by atomic mass is 10.1. The Balaban J connectivity index is 2.12. The number of hydrogen-bond donors (Lipinski definition) is 1. The molecular formula is C17H18N2S2. The fraction of sp³-hybridized carbons (Fsp3) is 0.235. The molecule has 108 valence electrons. The highest BCUT2D eigenvalue weighted by molar-refractivity contribution is 7.71. The van der Waals surface area contributed by atoms with Crippen LogP contribution in [-0.2, 0) is 0 Å². The maximum absolute atomic E-state index is 5.55. The topological polar surface area (TPSA) is 20.7 Å². The van der Waals surface area contributed by atoms with E-state index in [0.29, 0.717) is 6.04 Å². The van der Waals surface area contributed by atoms with Gasteiger partial charge in [-0.3, -0.25) is 0 Å². The maximum Gasteiger partial charge on any atom is 0.178 e. The standard InChI is InChI=1S/C17H18N2S2/c1-2-7-14(16-10-6-11-21-16)19-15(12-18-17(19)20)13-8-4-3-5-9-13/h3-6,8-12,14H,2,7H2,1H3,(H,18,20). The third kappa shape index (κ3) is 2.87. The van der Waals surface area contributed by atoms with Crippen molar-refractivity contribution >= 4 is 23.6 Å². The van der Waals surface area contributed by atoms with Crippen LogP contribution in [0.3, 0.4) is 0 Å². The molecule has 2 nitrogen and oxygen atoms in total. The van der Waals surface area contributed by atoms with E-state index in [1.807, 2.05) is 12.3 Å². The maximum atomic E-state index is 5.55. The lowest BCUT2D eigenvalue weighted by Crippen LogP contribution is -2.10. The fourth-order valence-electron chi connectivity index (χ4n) is 2.67. The van der Waals surface area contributed by atoms with Crippen LogP contribution < -0.4 is 0 Å². The second-order valence-corrected chi connectivity index (χ2v) is 6.40. The van der Waals surface area contributed by atoms with Crippen LogP contribution in [0.1, 0.15) is 30.7 Å². The summed E-state index contributed by atoms with van der Waals surface area (Å²) in [6, 6.07) is 15.1. The van der Waals surface area contributed by atoms with Gasteiger partial charge >= 0.3 is 0 Å². The van der Waals surface area contributed by atoms with Crippen molar-refractivity contribution in [1.29, 1.82) is 0 Å². The lowest BCUT2D eigenvalue weighted by molar-refractivity contribution is 0.540. The van der Waals surface area contributed by atoms with Gasteiger partial charge in [0.15, 0.2) is 4.77 Å². The van der Waals surface area contributed by atoms with Gasteiger partial charge in [-0.05, 0) is 35.6 Å². The molecule has 0 aliphatic rings. The molecule has 0 fully saturated rings. The molecule has 2 heterocycles. The summed E-state index contributed by atoms with van der Waals surface area (Å²) in [5.41, 5.74) is 2.36. The van der Waals surface area contributed by atoms with Crippen LogP contribution in [0.25, 0.3) is 11.3 Å². The third-order valence-electron chi connectivity index (χ3n) is 3.63. The summed E-state index contributed by atoms with van der Waals surface area (Å²) in [4.78, 5) is 4.58. The van der Waals surface area contributed by atoms with Crippen LogP contribution in [0.2, 0.25) is 0 Å². The molecule has 3 aromatic rings. The van der Waals surface area contributed by atoms with Crippen molar-refractivity contribution < 1.29 is 0 Å². The highest BCUT2D eigenvalue weighted by Gasteiger charge is 2.18. The number of benzene rings is 1. The van der Waals surface area contributed by atoms with Crippen LogP contribution in [0.15, 0.2) is 54.0 Å². The molecule has 0 radical (unpaired) electrons.